The van der Waals surface area contributed by atoms with Crippen molar-refractivity contribution in [1.82, 2.24) is 14.7 Å². The van der Waals surface area contributed by atoms with Crippen molar-refractivity contribution in [3.05, 3.63) is 48.2 Å². The van der Waals surface area contributed by atoms with Gasteiger partial charge in [0.1, 0.15) is 5.69 Å². The molecular weight excluding hydrogens is 655 g/mol. The zero-order chi connectivity index (χ0) is 32.0. The lowest BCUT2D eigenvalue weighted by atomic mass is 10.3. The van der Waals surface area contributed by atoms with Crippen molar-refractivity contribution in [1.29, 1.82) is 0 Å². The summed E-state index contributed by atoms with van der Waals surface area (Å²) in [5.41, 5.74) is 0.518. The summed E-state index contributed by atoms with van der Waals surface area (Å²) in [7, 11) is -8.95. The lowest BCUT2D eigenvalue weighted by molar-refractivity contribution is -0.432. The molecule has 3 rings (SSSR count). The number of hydrogen-bond donors (Lipinski definition) is 3. The van der Waals surface area contributed by atoms with Crippen molar-refractivity contribution in [3.63, 3.8) is 0 Å². The fraction of sp³-hybridized carbons (Fsp3) is 0.318. The minimum atomic E-state index is -4.79. The smallest absolute Gasteiger partial charge is 0.397 e. The van der Waals surface area contributed by atoms with Crippen LogP contribution in [0.3, 0.4) is 0 Å². The first-order valence-corrected chi connectivity index (χ1v) is 17.3. The van der Waals surface area contributed by atoms with E-state index in [1.807, 2.05) is 0 Å². The monoisotopic (exact) mass is 681 g/mol. The van der Waals surface area contributed by atoms with E-state index in [0.717, 1.165) is 4.68 Å². The van der Waals surface area contributed by atoms with E-state index in [2.05, 4.69) is 28.9 Å². The van der Waals surface area contributed by atoms with Crippen LogP contribution < -0.4 is 0 Å². The van der Waals surface area contributed by atoms with E-state index in [0.29, 0.717) is 12.0 Å². The van der Waals surface area contributed by atoms with Crippen LogP contribution in [0.2, 0.25) is 0 Å². The van der Waals surface area contributed by atoms with E-state index in [9.17, 15) is 30.4 Å². The lowest BCUT2D eigenvalue weighted by Gasteiger charge is -2.11. The van der Waals surface area contributed by atoms with Gasteiger partial charge in [-0.25, -0.2) is 26.3 Å². The largest absolute Gasteiger partial charge is 0.492 e. The Hall–Kier alpha value is -2.99. The molecule has 0 aliphatic carbocycles. The molecule has 17 nitrogen and oxygen atoms in total. The second-order valence-electron chi connectivity index (χ2n) is 8.91. The molecule has 0 bridgehead atoms. The van der Waals surface area contributed by atoms with E-state index < -0.39 is 48.3 Å². The van der Waals surface area contributed by atoms with Gasteiger partial charge >= 0.3 is 10.4 Å². The Bertz CT molecular complexity index is 1790. The van der Waals surface area contributed by atoms with E-state index in [-0.39, 0.29) is 49.7 Å². The summed E-state index contributed by atoms with van der Waals surface area (Å²) in [4.78, 5) is 1.63. The third-order valence-corrected chi connectivity index (χ3v) is 10.0. The number of rotatable bonds is 15. The topological polar surface area (TPSA) is 237 Å². The lowest BCUT2D eigenvalue weighted by Crippen LogP contribution is -2.21. The van der Waals surface area contributed by atoms with Crippen molar-refractivity contribution in [2.45, 2.75) is 21.6 Å². The fourth-order valence-corrected chi connectivity index (χ4v) is 6.83. The molecule has 0 aliphatic rings. The Labute approximate surface area is 251 Å². The average Bonchev–Trinajstić information content (AvgIpc) is 3.21. The van der Waals surface area contributed by atoms with Crippen LogP contribution in [-0.4, -0.2) is 93.6 Å². The summed E-state index contributed by atoms with van der Waals surface area (Å²) in [6.07, 6.45) is 0. The Morgan fingerprint density at radius 2 is 1.58 bits per heavy atom. The molecule has 0 radical (unpaired) electrons. The van der Waals surface area contributed by atoms with Gasteiger partial charge in [-0.1, -0.05) is 5.04 Å². The maximum Gasteiger partial charge on any atom is 0.397 e. The number of azo groups is 1. The summed E-state index contributed by atoms with van der Waals surface area (Å²) >= 11 is 0.473. The first kappa shape index (κ1) is 34.5. The van der Waals surface area contributed by atoms with Gasteiger partial charge in [0, 0.05) is 6.54 Å². The van der Waals surface area contributed by atoms with Gasteiger partial charge in [0.25, 0.3) is 0 Å². The number of hydrogen-bond acceptors (Lipinski definition) is 16. The van der Waals surface area contributed by atoms with Crippen LogP contribution in [-0.2, 0) is 43.6 Å². The van der Waals surface area contributed by atoms with Gasteiger partial charge in [-0.3, -0.25) is 4.55 Å². The van der Waals surface area contributed by atoms with Gasteiger partial charge in [0.2, 0.25) is 5.88 Å². The van der Waals surface area contributed by atoms with Crippen LogP contribution in [0.5, 0.6) is 5.88 Å². The maximum absolute atomic E-state index is 12.7. The first-order chi connectivity index (χ1) is 20.0. The molecule has 236 valence electrons. The molecule has 0 spiro atoms. The van der Waals surface area contributed by atoms with E-state index in [1.54, 1.807) is 19.0 Å². The summed E-state index contributed by atoms with van der Waals surface area (Å²) in [6, 6.07) is 9.02. The predicted octanol–water partition coefficient (Wildman–Crippen LogP) is 2.66. The van der Waals surface area contributed by atoms with Gasteiger partial charge in [0.05, 0.1) is 56.2 Å². The van der Waals surface area contributed by atoms with E-state index >= 15 is 0 Å². The highest BCUT2D eigenvalue weighted by Crippen LogP contribution is 2.37. The summed E-state index contributed by atoms with van der Waals surface area (Å²) < 4.78 is 89.7. The number of aromatic hydroxyl groups is 1. The van der Waals surface area contributed by atoms with E-state index in [4.69, 9.17) is 9.81 Å². The SMILES string of the molecule is Cc1nn(-c2ccc(S(=O)(=O)CCOS(=O)(=O)O)cc2)c(O)c1N=Nc1ccc(S(=O)(=O)CCN(C)C)cc1SOOO. The summed E-state index contributed by atoms with van der Waals surface area (Å²) in [6.45, 7) is 1.03. The molecule has 2 aromatic carbocycles. The molecular formula is C22H27N5O12S4. The molecule has 1 aromatic heterocycles. The highest BCUT2D eigenvalue weighted by molar-refractivity contribution is 7.95. The van der Waals surface area contributed by atoms with Crippen LogP contribution in [0.4, 0.5) is 11.4 Å². The summed E-state index contributed by atoms with van der Waals surface area (Å²) in [5.74, 6) is -1.32. The third-order valence-electron chi connectivity index (χ3n) is 5.54. The molecule has 43 heavy (non-hydrogen) atoms. The second kappa shape index (κ2) is 14.2. The standard InChI is InChI=1S/C22H27N5O12S4/c1-15-21(24-23-19-9-8-18(14-20(19)40-39-38-29)41(30,31)12-10-26(2)3)22(28)27(25-15)16-4-6-17(7-5-16)42(32,33)13-11-37-43(34,35)36/h4-9,14,28-29H,10-13H2,1-3H3,(H,34,35,36). The van der Waals surface area contributed by atoms with Crippen molar-refractivity contribution >= 4 is 53.5 Å². The molecule has 1 heterocycles. The highest BCUT2D eigenvalue weighted by Gasteiger charge is 2.21. The fourth-order valence-electron chi connectivity index (χ4n) is 3.38. The van der Waals surface area contributed by atoms with Gasteiger partial charge in [0.15, 0.2) is 25.4 Å². The molecule has 0 amide bonds. The second-order valence-corrected chi connectivity index (χ2v) is 15.0. The number of aromatic nitrogens is 2. The molecule has 0 saturated heterocycles. The number of sulfone groups is 2. The van der Waals surface area contributed by atoms with Crippen molar-refractivity contribution in [2.75, 3.05) is 38.8 Å². The van der Waals surface area contributed by atoms with Crippen LogP contribution in [0.15, 0.2) is 67.4 Å². The van der Waals surface area contributed by atoms with Gasteiger partial charge in [-0.15, -0.1) is 14.6 Å². The Balaban J connectivity index is 1.87. The Kier molecular flexibility index (Phi) is 11.4. The van der Waals surface area contributed by atoms with Crippen molar-refractivity contribution in [2.24, 2.45) is 10.2 Å². The van der Waals surface area contributed by atoms with Crippen LogP contribution in [0.1, 0.15) is 5.69 Å². The van der Waals surface area contributed by atoms with Crippen LogP contribution >= 0.6 is 12.0 Å². The van der Waals surface area contributed by atoms with Crippen molar-refractivity contribution in [3.8, 4) is 11.6 Å². The zero-order valence-corrected chi connectivity index (χ0v) is 26.0. The number of nitrogens with zero attached hydrogens (tertiary/aromatic N) is 5. The first-order valence-electron chi connectivity index (χ1n) is 11.9. The molecule has 3 aromatic rings. The van der Waals surface area contributed by atoms with Gasteiger partial charge < -0.3 is 10.0 Å². The summed E-state index contributed by atoms with van der Waals surface area (Å²) in [5, 5.41) is 35.3. The predicted molar refractivity (Wildman–Crippen MR) is 151 cm³/mol. The Morgan fingerprint density at radius 1 is 0.953 bits per heavy atom. The quantitative estimate of drug-likeness (QED) is 0.0687. The molecule has 0 saturated carbocycles. The third kappa shape index (κ3) is 9.50. The zero-order valence-electron chi connectivity index (χ0n) is 22.8. The molecule has 3 N–H and O–H groups in total. The normalized spacial score (nSPS) is 12.9. The van der Waals surface area contributed by atoms with Gasteiger partial charge in [-0.05, 0) is 63.5 Å². The van der Waals surface area contributed by atoms with Crippen molar-refractivity contribution < 1.29 is 53.7 Å². The average molecular weight is 682 g/mol. The minimum absolute atomic E-state index is 0.0272. The number of benzene rings is 2. The molecule has 0 fully saturated rings. The molecule has 0 atom stereocenters. The molecule has 0 aliphatic heterocycles. The Morgan fingerprint density at radius 3 is 2.19 bits per heavy atom. The van der Waals surface area contributed by atoms with Crippen LogP contribution in [0.25, 0.3) is 5.69 Å². The van der Waals surface area contributed by atoms with E-state index in [1.165, 1.54) is 49.4 Å². The van der Waals surface area contributed by atoms with Gasteiger partial charge in [-0.2, -0.15) is 18.2 Å². The molecule has 21 heteroatoms. The van der Waals surface area contributed by atoms with Crippen LogP contribution in [0, 0.1) is 6.92 Å². The molecule has 0 unspecified atom stereocenters. The number of aryl methyl sites for hydroxylation is 1. The highest BCUT2D eigenvalue weighted by atomic mass is 32.3. The minimum Gasteiger partial charge on any atom is -0.492 e. The maximum atomic E-state index is 12.7.